The first-order valence-corrected chi connectivity index (χ1v) is 8.25. The highest BCUT2D eigenvalue weighted by molar-refractivity contribution is 5.94. The summed E-state index contributed by atoms with van der Waals surface area (Å²) in [7, 11) is 0. The van der Waals surface area contributed by atoms with Crippen molar-refractivity contribution in [2.45, 2.75) is 32.9 Å². The fourth-order valence-electron chi connectivity index (χ4n) is 3.09. The molecule has 5 heteroatoms. The van der Waals surface area contributed by atoms with Gasteiger partial charge in [0.2, 0.25) is 0 Å². The number of amides is 1. The number of hydrogen-bond acceptors (Lipinski definition) is 3. The number of hydrogen-bond donors (Lipinski definition) is 2. The average molecular weight is 325 g/mol. The summed E-state index contributed by atoms with van der Waals surface area (Å²) in [6, 6.07) is 9.67. The van der Waals surface area contributed by atoms with Crippen molar-refractivity contribution in [3.8, 4) is 0 Å². The Hall–Kier alpha value is -2.40. The van der Waals surface area contributed by atoms with Crippen molar-refractivity contribution >= 4 is 5.91 Å². The molecule has 0 unspecified atom stereocenters. The van der Waals surface area contributed by atoms with Gasteiger partial charge in [0, 0.05) is 29.8 Å². The van der Waals surface area contributed by atoms with Crippen LogP contribution < -0.4 is 5.32 Å². The summed E-state index contributed by atoms with van der Waals surface area (Å²) in [5, 5.41) is 16.6. The number of aliphatic hydroxyl groups excluding tert-OH is 1. The minimum atomic E-state index is -0.0848. The molecule has 1 heterocycles. The van der Waals surface area contributed by atoms with Gasteiger partial charge in [0.05, 0.1) is 12.2 Å². The van der Waals surface area contributed by atoms with E-state index in [0.29, 0.717) is 12.1 Å². The van der Waals surface area contributed by atoms with Crippen LogP contribution in [-0.4, -0.2) is 33.4 Å². The maximum Gasteiger partial charge on any atom is 0.251 e. The molecule has 0 fully saturated rings. The summed E-state index contributed by atoms with van der Waals surface area (Å²) in [5.74, 6) is 0.0612. The molecule has 1 aromatic carbocycles. The van der Waals surface area contributed by atoms with E-state index in [1.54, 1.807) is 0 Å². The molecule has 1 aromatic heterocycles. The third kappa shape index (κ3) is 3.74. The fourth-order valence-corrected chi connectivity index (χ4v) is 3.09. The van der Waals surface area contributed by atoms with Gasteiger partial charge < -0.3 is 10.4 Å². The average Bonchev–Trinajstić information content (AvgIpc) is 3.14. The van der Waals surface area contributed by atoms with E-state index >= 15 is 0 Å². The van der Waals surface area contributed by atoms with Crippen LogP contribution in [0, 0.1) is 19.8 Å². The first-order valence-electron chi connectivity index (χ1n) is 8.25. The molecular formula is C19H23N3O2. The second-order valence-corrected chi connectivity index (χ2v) is 6.43. The van der Waals surface area contributed by atoms with Crippen LogP contribution in [0.4, 0.5) is 0 Å². The molecule has 0 saturated carbocycles. The molecule has 0 saturated heterocycles. The van der Waals surface area contributed by atoms with Crippen LogP contribution in [0.15, 0.2) is 42.5 Å². The summed E-state index contributed by atoms with van der Waals surface area (Å²) in [5.41, 5.74) is 3.79. The van der Waals surface area contributed by atoms with Gasteiger partial charge in [0.25, 0.3) is 5.91 Å². The standard InChI is InChI=1S/C19H23N3O2/c1-13-8-14(2)22(21-13)11-15-4-3-5-17(9-15)19(24)20-18-7-6-16(10-18)12-23/h3-9,16,18,23H,10-12H2,1-2H3,(H,20,24)/t16-,18+/m0/s1. The summed E-state index contributed by atoms with van der Waals surface area (Å²) < 4.78 is 1.94. The monoisotopic (exact) mass is 325 g/mol. The lowest BCUT2D eigenvalue weighted by atomic mass is 10.1. The third-order valence-corrected chi connectivity index (χ3v) is 4.35. The molecule has 0 spiro atoms. The zero-order valence-corrected chi connectivity index (χ0v) is 14.1. The van der Waals surface area contributed by atoms with Crippen molar-refractivity contribution in [3.63, 3.8) is 0 Å². The van der Waals surface area contributed by atoms with Crippen LogP contribution >= 0.6 is 0 Å². The van der Waals surface area contributed by atoms with E-state index in [2.05, 4.69) is 10.4 Å². The van der Waals surface area contributed by atoms with Gasteiger partial charge in [-0.1, -0.05) is 24.3 Å². The molecule has 0 radical (unpaired) electrons. The van der Waals surface area contributed by atoms with Crippen LogP contribution in [0.5, 0.6) is 0 Å². The van der Waals surface area contributed by atoms with Crippen molar-refractivity contribution in [3.05, 3.63) is 65.0 Å². The summed E-state index contributed by atoms with van der Waals surface area (Å²) in [6.45, 7) is 4.78. The van der Waals surface area contributed by atoms with Gasteiger partial charge in [0.1, 0.15) is 0 Å². The first kappa shape index (κ1) is 16.5. The van der Waals surface area contributed by atoms with Crippen molar-refractivity contribution in [2.75, 3.05) is 6.61 Å². The molecule has 1 aliphatic carbocycles. The smallest absolute Gasteiger partial charge is 0.251 e. The Kier molecular flexibility index (Phi) is 4.81. The van der Waals surface area contributed by atoms with Crippen molar-refractivity contribution in [1.82, 2.24) is 15.1 Å². The Morgan fingerprint density at radius 1 is 1.33 bits per heavy atom. The molecule has 2 aromatic rings. The summed E-state index contributed by atoms with van der Waals surface area (Å²) >= 11 is 0. The number of rotatable bonds is 5. The zero-order chi connectivity index (χ0) is 17.1. The van der Waals surface area contributed by atoms with E-state index in [9.17, 15) is 4.79 Å². The molecule has 1 aliphatic rings. The third-order valence-electron chi connectivity index (χ3n) is 4.35. The number of benzene rings is 1. The van der Waals surface area contributed by atoms with Crippen LogP contribution in [0.3, 0.4) is 0 Å². The number of aryl methyl sites for hydroxylation is 2. The largest absolute Gasteiger partial charge is 0.396 e. The quantitative estimate of drug-likeness (QED) is 0.828. The van der Waals surface area contributed by atoms with Crippen molar-refractivity contribution in [2.24, 2.45) is 5.92 Å². The molecule has 5 nitrogen and oxygen atoms in total. The molecule has 2 atom stereocenters. The van der Waals surface area contributed by atoms with E-state index in [0.717, 1.165) is 23.4 Å². The Morgan fingerprint density at radius 3 is 2.83 bits per heavy atom. The minimum Gasteiger partial charge on any atom is -0.396 e. The van der Waals surface area contributed by atoms with Crippen LogP contribution in [0.25, 0.3) is 0 Å². The minimum absolute atomic E-state index is 0.00526. The second kappa shape index (κ2) is 7.01. The second-order valence-electron chi connectivity index (χ2n) is 6.43. The highest BCUT2D eigenvalue weighted by atomic mass is 16.3. The van der Waals surface area contributed by atoms with Gasteiger partial charge in [-0.15, -0.1) is 0 Å². The van der Waals surface area contributed by atoms with Gasteiger partial charge in [0.15, 0.2) is 0 Å². The molecule has 3 rings (SSSR count). The predicted molar refractivity (Wildman–Crippen MR) is 92.8 cm³/mol. The Morgan fingerprint density at radius 2 is 2.17 bits per heavy atom. The number of nitrogens with zero attached hydrogens (tertiary/aromatic N) is 2. The zero-order valence-electron chi connectivity index (χ0n) is 14.1. The van der Waals surface area contributed by atoms with Gasteiger partial charge >= 0.3 is 0 Å². The fraction of sp³-hybridized carbons (Fsp3) is 0.368. The number of aromatic nitrogens is 2. The van der Waals surface area contributed by atoms with Crippen molar-refractivity contribution in [1.29, 1.82) is 0 Å². The molecule has 1 amide bonds. The molecule has 0 aliphatic heterocycles. The number of nitrogens with one attached hydrogen (secondary N) is 1. The summed E-state index contributed by atoms with van der Waals surface area (Å²) in [6.07, 6.45) is 4.68. The predicted octanol–water partition coefficient (Wildman–Crippen LogP) is 2.22. The van der Waals surface area contributed by atoms with Crippen LogP contribution in [0.1, 0.15) is 33.7 Å². The number of carbonyl (C=O) groups is 1. The Labute approximate surface area is 142 Å². The van der Waals surface area contributed by atoms with E-state index in [-0.39, 0.29) is 24.5 Å². The van der Waals surface area contributed by atoms with Gasteiger partial charge in [-0.25, -0.2) is 0 Å². The molecule has 126 valence electrons. The van der Waals surface area contributed by atoms with Crippen LogP contribution in [0.2, 0.25) is 0 Å². The summed E-state index contributed by atoms with van der Waals surface area (Å²) in [4.78, 5) is 12.4. The lowest BCUT2D eigenvalue weighted by molar-refractivity contribution is 0.0941. The molecule has 24 heavy (non-hydrogen) atoms. The number of carbonyl (C=O) groups excluding carboxylic acids is 1. The maximum atomic E-state index is 12.4. The van der Waals surface area contributed by atoms with E-state index in [4.69, 9.17) is 5.11 Å². The van der Waals surface area contributed by atoms with E-state index in [1.807, 2.05) is 61.0 Å². The van der Waals surface area contributed by atoms with E-state index in [1.165, 1.54) is 0 Å². The lowest BCUT2D eigenvalue weighted by Gasteiger charge is -2.13. The normalized spacial score (nSPS) is 19.6. The van der Waals surface area contributed by atoms with Gasteiger partial charge in [-0.3, -0.25) is 9.48 Å². The van der Waals surface area contributed by atoms with Crippen molar-refractivity contribution < 1.29 is 9.90 Å². The Bertz CT molecular complexity index is 764. The number of aliphatic hydroxyl groups is 1. The topological polar surface area (TPSA) is 67.2 Å². The molecule has 2 N–H and O–H groups in total. The molecule has 0 bridgehead atoms. The van der Waals surface area contributed by atoms with Gasteiger partial charge in [-0.05, 0) is 44.0 Å². The van der Waals surface area contributed by atoms with Gasteiger partial charge in [-0.2, -0.15) is 5.10 Å². The SMILES string of the molecule is Cc1cc(C)n(Cc2cccc(C(=O)N[C@@H]3C=C[C@H](CO)C3)c2)n1. The maximum absolute atomic E-state index is 12.4. The molecular weight excluding hydrogens is 302 g/mol. The Balaban J connectivity index is 1.67. The lowest BCUT2D eigenvalue weighted by Crippen LogP contribution is -2.33. The van der Waals surface area contributed by atoms with E-state index < -0.39 is 0 Å². The highest BCUT2D eigenvalue weighted by Gasteiger charge is 2.20. The highest BCUT2D eigenvalue weighted by Crippen LogP contribution is 2.18. The first-order chi connectivity index (χ1) is 11.5. The van der Waals surface area contributed by atoms with Crippen LogP contribution in [-0.2, 0) is 6.54 Å².